The molecule has 0 saturated heterocycles. The van der Waals surface area contributed by atoms with Crippen molar-refractivity contribution in [2.24, 2.45) is 5.73 Å². The molecule has 0 aliphatic rings. The molecule has 0 bridgehead atoms. The van der Waals surface area contributed by atoms with Crippen LogP contribution in [0.3, 0.4) is 0 Å². The van der Waals surface area contributed by atoms with E-state index in [9.17, 15) is 13.2 Å². The van der Waals surface area contributed by atoms with E-state index >= 15 is 0 Å². The minimum atomic E-state index is -3.62. The zero-order valence-corrected chi connectivity index (χ0v) is 12.8. The number of amides is 1. The summed E-state index contributed by atoms with van der Waals surface area (Å²) in [6.07, 6.45) is 0.371. The Morgan fingerprint density at radius 1 is 1.00 bits per heavy atom. The highest BCUT2D eigenvalue weighted by Crippen LogP contribution is 2.13. The number of aryl methyl sites for hydroxylation is 1. The number of benzene rings is 2. The molecule has 0 unspecified atom stereocenters. The predicted octanol–water partition coefficient (Wildman–Crippen LogP) is 1.38. The van der Waals surface area contributed by atoms with Crippen molar-refractivity contribution in [2.75, 3.05) is 5.75 Å². The molecule has 0 aliphatic carbocycles. The van der Waals surface area contributed by atoms with Gasteiger partial charge in [0.1, 0.15) is 6.04 Å². The SMILES string of the molecule is NC(=O)[C@H](NS(=O)(=O)CCc1ccccc1)c1ccccc1. The average molecular weight is 318 g/mol. The maximum atomic E-state index is 12.2. The Hall–Kier alpha value is -2.18. The fourth-order valence-corrected chi connectivity index (χ4v) is 3.30. The Morgan fingerprint density at radius 3 is 2.09 bits per heavy atom. The molecule has 0 saturated carbocycles. The van der Waals surface area contributed by atoms with E-state index in [4.69, 9.17) is 5.73 Å². The first-order valence-electron chi connectivity index (χ1n) is 6.86. The summed E-state index contributed by atoms with van der Waals surface area (Å²) < 4.78 is 26.7. The molecule has 1 amide bonds. The molecular formula is C16H18N2O3S. The molecular weight excluding hydrogens is 300 g/mol. The van der Waals surface area contributed by atoms with Gasteiger partial charge in [-0.15, -0.1) is 0 Å². The van der Waals surface area contributed by atoms with Crippen LogP contribution in [0.15, 0.2) is 60.7 Å². The molecule has 2 aromatic rings. The molecule has 0 spiro atoms. The van der Waals surface area contributed by atoms with Gasteiger partial charge in [0.15, 0.2) is 0 Å². The van der Waals surface area contributed by atoms with E-state index in [2.05, 4.69) is 4.72 Å². The highest BCUT2D eigenvalue weighted by molar-refractivity contribution is 7.89. The number of carbonyl (C=O) groups is 1. The minimum absolute atomic E-state index is 0.104. The van der Waals surface area contributed by atoms with Crippen molar-refractivity contribution >= 4 is 15.9 Å². The quantitative estimate of drug-likeness (QED) is 0.808. The van der Waals surface area contributed by atoms with Crippen molar-refractivity contribution in [2.45, 2.75) is 12.5 Å². The Bertz CT molecular complexity index is 716. The van der Waals surface area contributed by atoms with Gasteiger partial charge in [-0.2, -0.15) is 4.72 Å². The zero-order chi connectivity index (χ0) is 16.0. The number of carbonyl (C=O) groups excluding carboxylic acids is 1. The number of sulfonamides is 1. The van der Waals surface area contributed by atoms with Crippen LogP contribution >= 0.6 is 0 Å². The molecule has 3 N–H and O–H groups in total. The van der Waals surface area contributed by atoms with Gasteiger partial charge in [-0.3, -0.25) is 4.79 Å². The molecule has 116 valence electrons. The van der Waals surface area contributed by atoms with Gasteiger partial charge in [-0.25, -0.2) is 8.42 Å². The summed E-state index contributed by atoms with van der Waals surface area (Å²) >= 11 is 0. The van der Waals surface area contributed by atoms with Crippen molar-refractivity contribution in [3.63, 3.8) is 0 Å². The van der Waals surface area contributed by atoms with Crippen LogP contribution < -0.4 is 10.5 Å². The van der Waals surface area contributed by atoms with Gasteiger partial charge in [0, 0.05) is 0 Å². The maximum absolute atomic E-state index is 12.2. The van der Waals surface area contributed by atoms with E-state index < -0.39 is 22.0 Å². The summed E-state index contributed by atoms with van der Waals surface area (Å²) in [5.41, 5.74) is 6.76. The summed E-state index contributed by atoms with van der Waals surface area (Å²) in [7, 11) is -3.62. The van der Waals surface area contributed by atoms with Gasteiger partial charge < -0.3 is 5.73 Å². The largest absolute Gasteiger partial charge is 0.368 e. The molecule has 0 aromatic heterocycles. The van der Waals surface area contributed by atoms with E-state index in [1.807, 2.05) is 30.3 Å². The Morgan fingerprint density at radius 2 is 1.55 bits per heavy atom. The predicted molar refractivity (Wildman–Crippen MR) is 85.4 cm³/mol. The molecule has 0 radical (unpaired) electrons. The van der Waals surface area contributed by atoms with Crippen molar-refractivity contribution < 1.29 is 13.2 Å². The van der Waals surface area contributed by atoms with Crippen molar-refractivity contribution in [1.29, 1.82) is 0 Å². The number of nitrogens with two attached hydrogens (primary N) is 1. The van der Waals surface area contributed by atoms with Gasteiger partial charge in [0.25, 0.3) is 0 Å². The van der Waals surface area contributed by atoms with E-state index in [1.54, 1.807) is 30.3 Å². The van der Waals surface area contributed by atoms with Crippen molar-refractivity contribution in [3.8, 4) is 0 Å². The van der Waals surface area contributed by atoms with Crippen LogP contribution in [-0.4, -0.2) is 20.1 Å². The summed E-state index contributed by atoms with van der Waals surface area (Å²) in [5.74, 6) is -0.831. The van der Waals surface area contributed by atoms with Gasteiger partial charge in [-0.1, -0.05) is 60.7 Å². The third-order valence-corrected chi connectivity index (χ3v) is 4.55. The van der Waals surface area contributed by atoms with E-state index in [-0.39, 0.29) is 5.75 Å². The molecule has 2 aromatic carbocycles. The second kappa shape index (κ2) is 7.20. The fourth-order valence-electron chi connectivity index (χ4n) is 2.07. The topological polar surface area (TPSA) is 89.3 Å². The van der Waals surface area contributed by atoms with Gasteiger partial charge in [-0.05, 0) is 17.5 Å². The van der Waals surface area contributed by atoms with E-state index in [1.165, 1.54) is 0 Å². The first-order chi connectivity index (χ1) is 10.5. The number of primary amides is 1. The molecule has 2 rings (SSSR count). The Kier molecular flexibility index (Phi) is 5.30. The maximum Gasteiger partial charge on any atom is 0.240 e. The van der Waals surface area contributed by atoms with Crippen LogP contribution in [0.4, 0.5) is 0 Å². The Balaban J connectivity index is 2.07. The normalized spacial score (nSPS) is 12.7. The van der Waals surface area contributed by atoms with Crippen LogP contribution in [0.25, 0.3) is 0 Å². The smallest absolute Gasteiger partial charge is 0.240 e. The van der Waals surface area contributed by atoms with Gasteiger partial charge in [0.2, 0.25) is 15.9 Å². The van der Waals surface area contributed by atoms with Gasteiger partial charge in [0.05, 0.1) is 5.75 Å². The number of nitrogens with one attached hydrogen (secondary N) is 1. The molecule has 1 atom stereocenters. The van der Waals surface area contributed by atoms with Crippen molar-refractivity contribution in [3.05, 3.63) is 71.8 Å². The second-order valence-corrected chi connectivity index (χ2v) is 6.79. The van der Waals surface area contributed by atoms with Crippen molar-refractivity contribution in [1.82, 2.24) is 4.72 Å². The number of hydrogen-bond acceptors (Lipinski definition) is 3. The molecule has 0 fully saturated rings. The molecule has 0 aliphatic heterocycles. The molecule has 22 heavy (non-hydrogen) atoms. The van der Waals surface area contributed by atoms with Crippen LogP contribution in [0.2, 0.25) is 0 Å². The van der Waals surface area contributed by atoms with Crippen LogP contribution in [0.5, 0.6) is 0 Å². The van der Waals surface area contributed by atoms with E-state index in [0.29, 0.717) is 12.0 Å². The lowest BCUT2D eigenvalue weighted by molar-refractivity contribution is -0.119. The number of rotatable bonds is 7. The first kappa shape index (κ1) is 16.2. The zero-order valence-electron chi connectivity index (χ0n) is 12.0. The average Bonchev–Trinajstić information content (AvgIpc) is 2.52. The molecule has 0 heterocycles. The summed E-state index contributed by atoms with van der Waals surface area (Å²) in [6.45, 7) is 0. The lowest BCUT2D eigenvalue weighted by Gasteiger charge is -2.16. The third kappa shape index (κ3) is 4.68. The highest BCUT2D eigenvalue weighted by Gasteiger charge is 2.23. The highest BCUT2D eigenvalue weighted by atomic mass is 32.2. The molecule has 5 nitrogen and oxygen atoms in total. The monoisotopic (exact) mass is 318 g/mol. The lowest BCUT2D eigenvalue weighted by Crippen LogP contribution is -2.38. The summed E-state index contributed by atoms with van der Waals surface area (Å²) in [4.78, 5) is 11.5. The van der Waals surface area contributed by atoms with E-state index in [0.717, 1.165) is 5.56 Å². The lowest BCUT2D eigenvalue weighted by atomic mass is 10.1. The Labute approximate surface area is 130 Å². The first-order valence-corrected chi connectivity index (χ1v) is 8.51. The summed E-state index contributed by atoms with van der Waals surface area (Å²) in [6, 6.07) is 16.8. The second-order valence-electron chi connectivity index (χ2n) is 4.92. The molecule has 6 heteroatoms. The number of hydrogen-bond donors (Lipinski definition) is 2. The summed E-state index contributed by atoms with van der Waals surface area (Å²) in [5, 5.41) is 0. The fraction of sp³-hybridized carbons (Fsp3) is 0.188. The van der Waals surface area contributed by atoms with Gasteiger partial charge >= 0.3 is 0 Å². The minimum Gasteiger partial charge on any atom is -0.368 e. The third-order valence-electron chi connectivity index (χ3n) is 3.22. The van der Waals surface area contributed by atoms with Crippen LogP contribution in [0, 0.1) is 0 Å². The standard InChI is InChI=1S/C16H18N2O3S/c17-16(19)15(14-9-5-2-6-10-14)18-22(20,21)12-11-13-7-3-1-4-8-13/h1-10,15,18H,11-12H2,(H2,17,19)/t15-/m1/s1. The van der Waals surface area contributed by atoms with Crippen LogP contribution in [0.1, 0.15) is 17.2 Å². The van der Waals surface area contributed by atoms with Crippen LogP contribution in [-0.2, 0) is 21.2 Å².